The SMILES string of the molecule is CCn1c(C2CCN(C(=O)C3(COC)CCC3)CC2)n[nH]c1=O. The number of aromatic nitrogens is 3. The number of hydrogen-bond acceptors (Lipinski definition) is 4. The molecule has 7 nitrogen and oxygen atoms in total. The zero-order valence-electron chi connectivity index (χ0n) is 14.0. The van der Waals surface area contributed by atoms with Crippen molar-refractivity contribution in [2.75, 3.05) is 26.8 Å². The number of nitrogens with one attached hydrogen (secondary N) is 1. The first-order chi connectivity index (χ1) is 11.1. The topological polar surface area (TPSA) is 80.2 Å². The molecule has 0 aromatic carbocycles. The summed E-state index contributed by atoms with van der Waals surface area (Å²) in [6, 6.07) is 0. The number of aromatic amines is 1. The molecule has 0 spiro atoms. The molecule has 1 aromatic rings. The fourth-order valence-corrected chi connectivity index (χ4v) is 3.92. The normalized spacial score (nSPS) is 21.2. The smallest absolute Gasteiger partial charge is 0.343 e. The molecule has 7 heteroatoms. The van der Waals surface area contributed by atoms with Crippen molar-refractivity contribution < 1.29 is 9.53 Å². The molecule has 1 N–H and O–H groups in total. The molecule has 1 aliphatic heterocycles. The Hall–Kier alpha value is -1.63. The van der Waals surface area contributed by atoms with Crippen LogP contribution < -0.4 is 5.69 Å². The van der Waals surface area contributed by atoms with Crippen LogP contribution in [0.4, 0.5) is 0 Å². The summed E-state index contributed by atoms with van der Waals surface area (Å²) in [5.41, 5.74) is -0.422. The van der Waals surface area contributed by atoms with Gasteiger partial charge in [0, 0.05) is 32.7 Å². The van der Waals surface area contributed by atoms with Crippen LogP contribution in [0.25, 0.3) is 0 Å². The van der Waals surface area contributed by atoms with E-state index in [-0.39, 0.29) is 22.9 Å². The van der Waals surface area contributed by atoms with Crippen LogP contribution in [-0.2, 0) is 16.1 Å². The summed E-state index contributed by atoms with van der Waals surface area (Å²) in [6.07, 6.45) is 4.71. The highest BCUT2D eigenvalue weighted by atomic mass is 16.5. The summed E-state index contributed by atoms with van der Waals surface area (Å²) in [5.74, 6) is 1.33. The lowest BCUT2D eigenvalue weighted by Gasteiger charge is -2.44. The molecule has 0 unspecified atom stereocenters. The molecule has 128 valence electrons. The van der Waals surface area contributed by atoms with E-state index in [1.807, 2.05) is 11.8 Å². The van der Waals surface area contributed by atoms with Crippen LogP contribution in [0.2, 0.25) is 0 Å². The number of H-pyrrole nitrogens is 1. The number of ether oxygens (including phenoxy) is 1. The standard InChI is InChI=1S/C16H26N4O3/c1-3-20-13(17-18-15(20)22)12-5-9-19(10-6-12)14(21)16(11-23-2)7-4-8-16/h12H,3-11H2,1-2H3,(H,18,22). The first-order valence-electron chi connectivity index (χ1n) is 8.54. The van der Waals surface area contributed by atoms with Gasteiger partial charge in [0.05, 0.1) is 12.0 Å². The molecule has 2 aliphatic rings. The molecule has 1 amide bonds. The number of carbonyl (C=O) groups excluding carboxylic acids is 1. The first kappa shape index (κ1) is 16.2. The quantitative estimate of drug-likeness (QED) is 0.881. The van der Waals surface area contributed by atoms with Gasteiger partial charge in [0.25, 0.3) is 0 Å². The van der Waals surface area contributed by atoms with Gasteiger partial charge in [-0.2, -0.15) is 5.10 Å². The monoisotopic (exact) mass is 322 g/mol. The van der Waals surface area contributed by atoms with Gasteiger partial charge in [-0.3, -0.25) is 9.36 Å². The van der Waals surface area contributed by atoms with Gasteiger partial charge < -0.3 is 9.64 Å². The molecule has 2 fully saturated rings. The zero-order chi connectivity index (χ0) is 16.4. The summed E-state index contributed by atoms with van der Waals surface area (Å²) >= 11 is 0. The van der Waals surface area contributed by atoms with E-state index < -0.39 is 0 Å². The average molecular weight is 322 g/mol. The number of likely N-dealkylation sites (tertiary alicyclic amines) is 1. The Labute approximate surface area is 136 Å². The average Bonchev–Trinajstić information content (AvgIpc) is 2.91. The van der Waals surface area contributed by atoms with Crippen molar-refractivity contribution in [2.24, 2.45) is 5.41 Å². The Kier molecular flexibility index (Phi) is 4.57. The Morgan fingerprint density at radius 2 is 2.09 bits per heavy atom. The third-order valence-corrected chi connectivity index (χ3v) is 5.44. The van der Waals surface area contributed by atoms with Crippen LogP contribution >= 0.6 is 0 Å². The van der Waals surface area contributed by atoms with E-state index in [2.05, 4.69) is 10.2 Å². The van der Waals surface area contributed by atoms with Crippen LogP contribution in [0, 0.1) is 5.41 Å². The van der Waals surface area contributed by atoms with Crippen LogP contribution in [0.5, 0.6) is 0 Å². The maximum absolute atomic E-state index is 12.8. The summed E-state index contributed by atoms with van der Waals surface area (Å²) < 4.78 is 6.98. The highest BCUT2D eigenvalue weighted by molar-refractivity contribution is 5.84. The summed E-state index contributed by atoms with van der Waals surface area (Å²) in [6.45, 7) is 4.57. The number of carbonyl (C=O) groups is 1. The molecular weight excluding hydrogens is 296 g/mol. The van der Waals surface area contributed by atoms with Crippen molar-refractivity contribution in [3.05, 3.63) is 16.3 Å². The highest BCUT2D eigenvalue weighted by Crippen LogP contribution is 2.43. The fraction of sp³-hybridized carbons (Fsp3) is 0.812. The lowest BCUT2D eigenvalue weighted by molar-refractivity contribution is -0.153. The molecule has 23 heavy (non-hydrogen) atoms. The minimum absolute atomic E-state index is 0.144. The van der Waals surface area contributed by atoms with Gasteiger partial charge in [0.1, 0.15) is 5.82 Å². The Bertz CT molecular complexity index is 609. The molecule has 1 saturated carbocycles. The second kappa shape index (κ2) is 6.47. The fourth-order valence-electron chi connectivity index (χ4n) is 3.92. The molecule has 3 rings (SSSR count). The van der Waals surface area contributed by atoms with Crippen molar-refractivity contribution in [3.63, 3.8) is 0 Å². The minimum Gasteiger partial charge on any atom is -0.384 e. The first-order valence-corrected chi connectivity index (χ1v) is 8.54. The maximum Gasteiger partial charge on any atom is 0.343 e. The predicted molar refractivity (Wildman–Crippen MR) is 85.2 cm³/mol. The molecule has 0 radical (unpaired) electrons. The summed E-state index contributed by atoms with van der Waals surface area (Å²) in [7, 11) is 1.67. The molecule has 0 bridgehead atoms. The van der Waals surface area contributed by atoms with E-state index in [4.69, 9.17) is 4.74 Å². The number of piperidine rings is 1. The van der Waals surface area contributed by atoms with Gasteiger partial charge in [0.2, 0.25) is 5.91 Å². The van der Waals surface area contributed by atoms with Crippen LogP contribution in [0.1, 0.15) is 50.8 Å². The third kappa shape index (κ3) is 2.82. The lowest BCUT2D eigenvalue weighted by atomic mass is 9.68. The van der Waals surface area contributed by atoms with Gasteiger partial charge in [-0.05, 0) is 32.6 Å². The second-order valence-corrected chi connectivity index (χ2v) is 6.76. The van der Waals surface area contributed by atoms with Gasteiger partial charge >= 0.3 is 5.69 Å². The zero-order valence-corrected chi connectivity index (χ0v) is 14.0. The van der Waals surface area contributed by atoms with Crippen molar-refractivity contribution in [1.82, 2.24) is 19.7 Å². The van der Waals surface area contributed by atoms with Crippen molar-refractivity contribution in [1.29, 1.82) is 0 Å². The highest BCUT2D eigenvalue weighted by Gasteiger charge is 2.47. The van der Waals surface area contributed by atoms with Crippen molar-refractivity contribution in [2.45, 2.75) is 51.5 Å². The second-order valence-electron chi connectivity index (χ2n) is 6.76. The van der Waals surface area contributed by atoms with Crippen molar-refractivity contribution >= 4 is 5.91 Å². The Balaban J connectivity index is 1.64. The van der Waals surface area contributed by atoms with Gasteiger partial charge in [-0.25, -0.2) is 9.89 Å². The van der Waals surface area contributed by atoms with E-state index >= 15 is 0 Å². The van der Waals surface area contributed by atoms with Crippen molar-refractivity contribution in [3.8, 4) is 0 Å². The minimum atomic E-state index is -0.278. The predicted octanol–water partition coefficient (Wildman–Crippen LogP) is 1.11. The van der Waals surface area contributed by atoms with Crippen LogP contribution in [0.15, 0.2) is 4.79 Å². The van der Waals surface area contributed by atoms with Crippen LogP contribution in [-0.4, -0.2) is 52.4 Å². The molecule has 1 aromatic heterocycles. The number of hydrogen-bond donors (Lipinski definition) is 1. The Morgan fingerprint density at radius 3 is 2.61 bits per heavy atom. The summed E-state index contributed by atoms with van der Waals surface area (Å²) in [4.78, 5) is 26.5. The maximum atomic E-state index is 12.8. The van der Waals surface area contributed by atoms with Gasteiger partial charge in [-0.15, -0.1) is 0 Å². The Morgan fingerprint density at radius 1 is 1.39 bits per heavy atom. The van der Waals surface area contributed by atoms with E-state index in [0.717, 1.165) is 51.0 Å². The molecule has 1 saturated heterocycles. The number of methoxy groups -OCH3 is 1. The molecule has 2 heterocycles. The van der Waals surface area contributed by atoms with Crippen LogP contribution in [0.3, 0.4) is 0 Å². The van der Waals surface area contributed by atoms with E-state index in [9.17, 15) is 9.59 Å². The molecule has 1 aliphatic carbocycles. The van der Waals surface area contributed by atoms with E-state index in [0.29, 0.717) is 13.2 Å². The summed E-state index contributed by atoms with van der Waals surface area (Å²) in [5, 5.41) is 6.73. The van der Waals surface area contributed by atoms with E-state index in [1.54, 1.807) is 11.7 Å². The lowest BCUT2D eigenvalue weighted by Crippen LogP contribution is -2.52. The molecule has 0 atom stereocenters. The third-order valence-electron chi connectivity index (χ3n) is 5.44. The van der Waals surface area contributed by atoms with Gasteiger partial charge in [-0.1, -0.05) is 6.42 Å². The number of amides is 1. The van der Waals surface area contributed by atoms with Gasteiger partial charge in [0.15, 0.2) is 0 Å². The number of rotatable bonds is 5. The van der Waals surface area contributed by atoms with E-state index in [1.165, 1.54) is 0 Å². The molecular formula is C16H26N4O3. The number of nitrogens with zero attached hydrogens (tertiary/aromatic N) is 3. The largest absolute Gasteiger partial charge is 0.384 e.